The van der Waals surface area contributed by atoms with Crippen LogP contribution in [-0.4, -0.2) is 49.1 Å². The molecule has 136 valence electrons. The van der Waals surface area contributed by atoms with Gasteiger partial charge in [-0.25, -0.2) is 4.79 Å². The summed E-state index contributed by atoms with van der Waals surface area (Å²) >= 11 is 0. The summed E-state index contributed by atoms with van der Waals surface area (Å²) in [4.78, 5) is 27.9. The summed E-state index contributed by atoms with van der Waals surface area (Å²) in [6.07, 6.45) is 3.86. The lowest BCUT2D eigenvalue weighted by molar-refractivity contribution is -0.139. The van der Waals surface area contributed by atoms with Crippen LogP contribution < -0.4 is 4.74 Å². The number of methoxy groups -OCH3 is 1. The Bertz CT molecular complexity index is 767. The van der Waals surface area contributed by atoms with Crippen molar-refractivity contribution in [1.29, 1.82) is 0 Å². The fourth-order valence-electron chi connectivity index (χ4n) is 3.16. The number of dihydropyridines is 1. The lowest BCUT2D eigenvalue weighted by Gasteiger charge is -2.27. The van der Waals surface area contributed by atoms with Gasteiger partial charge in [-0.1, -0.05) is 12.1 Å². The molecule has 2 atom stereocenters. The minimum Gasteiger partial charge on any atom is -0.497 e. The van der Waals surface area contributed by atoms with Gasteiger partial charge in [-0.05, 0) is 30.7 Å². The molecule has 26 heavy (non-hydrogen) atoms. The molecule has 0 aliphatic carbocycles. The van der Waals surface area contributed by atoms with Crippen LogP contribution in [0, 0.1) is 5.92 Å². The second-order valence-electron chi connectivity index (χ2n) is 5.94. The largest absolute Gasteiger partial charge is 0.497 e. The van der Waals surface area contributed by atoms with Gasteiger partial charge < -0.3 is 14.3 Å². The standard InChI is InChI=1S/C19H21N3O4/c1-3-26-19(24)15-8-10-20-18-17(15)16(9-11-23)21-22(18)12-13-4-6-14(25-2)7-5-13/h4-8,10-11,17-18H,3,9,12H2,1-2H3. The van der Waals surface area contributed by atoms with Crippen LogP contribution in [0.4, 0.5) is 0 Å². The molecule has 0 amide bonds. The van der Waals surface area contributed by atoms with E-state index < -0.39 is 5.97 Å². The van der Waals surface area contributed by atoms with Gasteiger partial charge >= 0.3 is 5.97 Å². The third-order valence-corrected chi connectivity index (χ3v) is 4.35. The Kier molecular flexibility index (Phi) is 5.46. The van der Waals surface area contributed by atoms with Gasteiger partial charge in [0.2, 0.25) is 0 Å². The monoisotopic (exact) mass is 355 g/mol. The van der Waals surface area contributed by atoms with Gasteiger partial charge in [0, 0.05) is 12.6 Å². The summed E-state index contributed by atoms with van der Waals surface area (Å²) in [5, 5.41) is 6.39. The van der Waals surface area contributed by atoms with Crippen molar-refractivity contribution in [1.82, 2.24) is 5.01 Å². The zero-order valence-corrected chi connectivity index (χ0v) is 14.8. The van der Waals surface area contributed by atoms with Crippen molar-refractivity contribution < 1.29 is 19.1 Å². The predicted octanol–water partition coefficient (Wildman–Crippen LogP) is 1.97. The Labute approximate surface area is 152 Å². The first-order chi connectivity index (χ1) is 12.7. The lowest BCUT2D eigenvalue weighted by atomic mass is 9.88. The SMILES string of the molecule is CCOC(=O)C1=CC=NC2C1C(CC=O)=NN2Cc1ccc(OC)cc1. The molecule has 2 heterocycles. The molecule has 7 heteroatoms. The Morgan fingerprint density at radius 2 is 2.08 bits per heavy atom. The summed E-state index contributed by atoms with van der Waals surface area (Å²) in [6, 6.07) is 7.67. The topological polar surface area (TPSA) is 80.6 Å². The maximum absolute atomic E-state index is 12.3. The normalized spacial score (nSPS) is 20.9. The molecule has 0 radical (unpaired) electrons. The number of hydrogen-bond donors (Lipinski definition) is 0. The highest BCUT2D eigenvalue weighted by Gasteiger charge is 2.42. The summed E-state index contributed by atoms with van der Waals surface area (Å²) in [5.41, 5.74) is 2.16. The molecule has 0 fully saturated rings. The number of nitrogens with zero attached hydrogens (tertiary/aromatic N) is 3. The number of aliphatic imine (C=N–C) groups is 1. The Balaban J connectivity index is 1.84. The number of rotatable bonds is 7. The molecule has 2 unspecified atom stereocenters. The van der Waals surface area contributed by atoms with E-state index in [1.165, 1.54) is 0 Å². The number of fused-ring (bicyclic) bond motifs is 1. The van der Waals surface area contributed by atoms with E-state index in [1.54, 1.807) is 26.3 Å². The molecule has 1 aromatic rings. The van der Waals surface area contributed by atoms with Gasteiger partial charge in [-0.2, -0.15) is 5.10 Å². The van der Waals surface area contributed by atoms with Crippen molar-refractivity contribution >= 4 is 24.2 Å². The number of esters is 1. The van der Waals surface area contributed by atoms with Gasteiger partial charge in [0.1, 0.15) is 18.2 Å². The lowest BCUT2D eigenvalue weighted by Crippen LogP contribution is -2.37. The van der Waals surface area contributed by atoms with Crippen molar-refractivity contribution in [3.63, 3.8) is 0 Å². The van der Waals surface area contributed by atoms with Crippen molar-refractivity contribution in [2.75, 3.05) is 13.7 Å². The second kappa shape index (κ2) is 7.95. The molecule has 0 spiro atoms. The molecule has 0 N–H and O–H groups in total. The molecule has 2 aliphatic rings. The van der Waals surface area contributed by atoms with Gasteiger partial charge in [-0.3, -0.25) is 10.0 Å². The summed E-state index contributed by atoms with van der Waals surface area (Å²) < 4.78 is 10.3. The number of hydrogen-bond acceptors (Lipinski definition) is 7. The Morgan fingerprint density at radius 1 is 1.31 bits per heavy atom. The number of carbonyl (C=O) groups excluding carboxylic acids is 2. The highest BCUT2D eigenvalue weighted by atomic mass is 16.5. The van der Waals surface area contributed by atoms with Crippen molar-refractivity contribution in [3.05, 3.63) is 41.5 Å². The fraction of sp³-hybridized carbons (Fsp3) is 0.368. The van der Waals surface area contributed by atoms with E-state index in [9.17, 15) is 9.59 Å². The first kappa shape index (κ1) is 17.8. The fourth-order valence-corrected chi connectivity index (χ4v) is 3.16. The van der Waals surface area contributed by atoms with E-state index >= 15 is 0 Å². The van der Waals surface area contributed by atoms with Crippen LogP contribution in [0.3, 0.4) is 0 Å². The Morgan fingerprint density at radius 3 is 2.73 bits per heavy atom. The van der Waals surface area contributed by atoms with Crippen LogP contribution in [0.5, 0.6) is 5.75 Å². The number of allylic oxidation sites excluding steroid dienone is 1. The zero-order valence-electron chi connectivity index (χ0n) is 14.8. The number of hydrazone groups is 1. The van der Waals surface area contributed by atoms with Crippen LogP contribution in [0.25, 0.3) is 0 Å². The summed E-state index contributed by atoms with van der Waals surface area (Å²) in [6.45, 7) is 2.57. The van der Waals surface area contributed by atoms with E-state index in [-0.39, 0.29) is 18.5 Å². The summed E-state index contributed by atoms with van der Waals surface area (Å²) in [7, 11) is 1.62. The molecule has 1 aromatic carbocycles. The van der Waals surface area contributed by atoms with Gasteiger partial charge in [0.25, 0.3) is 0 Å². The molecule has 2 aliphatic heterocycles. The third kappa shape index (κ3) is 3.51. The van der Waals surface area contributed by atoms with E-state index in [2.05, 4.69) is 10.1 Å². The van der Waals surface area contributed by atoms with Crippen LogP contribution in [0.15, 0.2) is 46.0 Å². The van der Waals surface area contributed by atoms with E-state index in [0.29, 0.717) is 24.4 Å². The Hall–Kier alpha value is -2.96. The van der Waals surface area contributed by atoms with Gasteiger partial charge in [0.05, 0.1) is 37.5 Å². The van der Waals surface area contributed by atoms with Crippen LogP contribution >= 0.6 is 0 Å². The molecular weight excluding hydrogens is 334 g/mol. The van der Waals surface area contributed by atoms with Crippen LogP contribution in [-0.2, 0) is 20.9 Å². The van der Waals surface area contributed by atoms with Gasteiger partial charge in [-0.15, -0.1) is 0 Å². The molecule has 0 saturated heterocycles. The van der Waals surface area contributed by atoms with Crippen molar-refractivity contribution in [3.8, 4) is 5.75 Å². The van der Waals surface area contributed by atoms with E-state index in [1.807, 2.05) is 29.3 Å². The van der Waals surface area contributed by atoms with E-state index in [0.717, 1.165) is 17.6 Å². The van der Waals surface area contributed by atoms with Gasteiger partial charge in [0.15, 0.2) is 0 Å². The minimum absolute atomic E-state index is 0.159. The minimum atomic E-state index is -0.390. The highest BCUT2D eigenvalue weighted by Crippen LogP contribution is 2.34. The maximum Gasteiger partial charge on any atom is 0.334 e. The first-order valence-electron chi connectivity index (χ1n) is 8.49. The second-order valence-corrected chi connectivity index (χ2v) is 5.94. The summed E-state index contributed by atoms with van der Waals surface area (Å²) in [5.74, 6) is 0.0301. The molecule has 0 saturated carbocycles. The number of benzene rings is 1. The number of aldehydes is 1. The predicted molar refractivity (Wildman–Crippen MR) is 97.1 cm³/mol. The quantitative estimate of drug-likeness (QED) is 0.552. The molecular formula is C19H21N3O4. The van der Waals surface area contributed by atoms with Crippen LogP contribution in [0.1, 0.15) is 18.9 Å². The number of ether oxygens (including phenoxy) is 2. The molecule has 0 bridgehead atoms. The molecule has 7 nitrogen and oxygen atoms in total. The first-order valence-corrected chi connectivity index (χ1v) is 8.49. The molecule has 3 rings (SSSR count). The highest BCUT2D eigenvalue weighted by molar-refractivity contribution is 6.07. The average molecular weight is 355 g/mol. The zero-order chi connectivity index (χ0) is 18.5. The van der Waals surface area contributed by atoms with Crippen molar-refractivity contribution in [2.45, 2.75) is 26.1 Å². The van der Waals surface area contributed by atoms with Crippen LogP contribution in [0.2, 0.25) is 0 Å². The number of carbonyl (C=O) groups is 2. The molecule has 0 aromatic heterocycles. The maximum atomic E-state index is 12.3. The third-order valence-electron chi connectivity index (χ3n) is 4.35. The van der Waals surface area contributed by atoms with E-state index in [4.69, 9.17) is 9.47 Å². The average Bonchev–Trinajstić information content (AvgIpc) is 3.00. The smallest absolute Gasteiger partial charge is 0.334 e. The van der Waals surface area contributed by atoms with Crippen molar-refractivity contribution in [2.24, 2.45) is 16.0 Å².